The molecule has 1 saturated heterocycles. The topological polar surface area (TPSA) is 23.5 Å². The third kappa shape index (κ3) is 3.18. The Bertz CT molecular complexity index is 676. The molecule has 2 fully saturated rings. The summed E-state index contributed by atoms with van der Waals surface area (Å²) >= 11 is 1.88. The van der Waals surface area contributed by atoms with Crippen molar-refractivity contribution in [1.82, 2.24) is 0 Å². The molecule has 2 aromatic rings. The molecule has 119 valence electrons. The second-order valence-corrected chi connectivity index (χ2v) is 7.90. The molecule has 0 spiro atoms. The van der Waals surface area contributed by atoms with Crippen molar-refractivity contribution in [2.24, 2.45) is 11.8 Å². The molecule has 2 aliphatic rings. The summed E-state index contributed by atoms with van der Waals surface area (Å²) < 4.78 is 13.0. The maximum absolute atomic E-state index is 13.0. The van der Waals surface area contributed by atoms with E-state index in [-0.39, 0.29) is 5.82 Å². The van der Waals surface area contributed by atoms with Crippen LogP contribution in [0.1, 0.15) is 12.8 Å². The van der Waals surface area contributed by atoms with Crippen molar-refractivity contribution in [2.45, 2.75) is 23.0 Å². The molecule has 1 aliphatic carbocycles. The molecule has 1 saturated carbocycles. The van der Waals surface area contributed by atoms with Gasteiger partial charge in [-0.2, -0.15) is 0 Å². The van der Waals surface area contributed by atoms with Gasteiger partial charge in [-0.25, -0.2) is 4.39 Å². The third-order valence-electron chi connectivity index (χ3n) is 4.93. The number of aromatic hydroxyl groups is 1. The number of hydrogen-bond donors (Lipinski definition) is 1. The molecule has 1 aliphatic heterocycles. The quantitative estimate of drug-likeness (QED) is 0.907. The average molecular weight is 328 g/mol. The minimum atomic E-state index is -0.171. The lowest BCUT2D eigenvalue weighted by atomic mass is 10.0. The van der Waals surface area contributed by atoms with Crippen molar-refractivity contribution < 1.29 is 9.50 Å². The first kappa shape index (κ1) is 14.9. The monoisotopic (exact) mass is 328 g/mol. The van der Waals surface area contributed by atoms with Crippen LogP contribution >= 0.6 is 11.8 Å². The molecule has 2 aromatic carbocycles. The molecule has 3 atom stereocenters. The van der Waals surface area contributed by atoms with Gasteiger partial charge in [0, 0.05) is 41.1 Å². The number of phenols is 1. The van der Waals surface area contributed by atoms with Crippen LogP contribution in [-0.4, -0.2) is 23.4 Å². The van der Waals surface area contributed by atoms with Crippen molar-refractivity contribution in [2.75, 3.05) is 18.0 Å². The van der Waals surface area contributed by atoms with E-state index in [2.05, 4.69) is 11.0 Å². The number of hydrogen-bond acceptors (Lipinski definition) is 3. The number of fused-ring (bicyclic) bond motifs is 1. The third-order valence-corrected chi connectivity index (χ3v) is 6.20. The molecule has 1 radical (unpaired) electrons. The van der Waals surface area contributed by atoms with Crippen molar-refractivity contribution in [1.29, 1.82) is 0 Å². The summed E-state index contributed by atoms with van der Waals surface area (Å²) in [5.74, 6) is 1.56. The molecular weight excluding hydrogens is 309 g/mol. The highest BCUT2D eigenvalue weighted by Gasteiger charge is 2.41. The Labute approximate surface area is 140 Å². The number of phenolic OH excluding ortho intramolecular Hbond substituents is 1. The van der Waals surface area contributed by atoms with Crippen molar-refractivity contribution >= 4 is 17.4 Å². The van der Waals surface area contributed by atoms with E-state index in [0.717, 1.165) is 23.7 Å². The number of anilines is 1. The van der Waals surface area contributed by atoms with Gasteiger partial charge < -0.3 is 10.0 Å². The number of benzene rings is 2. The van der Waals surface area contributed by atoms with E-state index in [4.69, 9.17) is 0 Å². The van der Waals surface area contributed by atoms with Crippen LogP contribution < -0.4 is 4.90 Å². The van der Waals surface area contributed by atoms with E-state index in [1.54, 1.807) is 18.2 Å². The predicted octanol–water partition coefficient (Wildman–Crippen LogP) is 4.34. The van der Waals surface area contributed by atoms with Crippen molar-refractivity contribution in [3.8, 4) is 5.75 Å². The Morgan fingerprint density at radius 1 is 1.09 bits per heavy atom. The Hall–Kier alpha value is -1.68. The molecule has 4 rings (SSSR count). The fourth-order valence-corrected chi connectivity index (χ4v) is 5.23. The molecule has 0 amide bonds. The van der Waals surface area contributed by atoms with Crippen molar-refractivity contribution in [3.63, 3.8) is 0 Å². The minimum absolute atomic E-state index is 0.171. The number of halogens is 1. The normalized spacial score (nSPS) is 26.5. The Morgan fingerprint density at radius 2 is 1.78 bits per heavy atom. The zero-order chi connectivity index (χ0) is 15.8. The maximum atomic E-state index is 13.0. The highest BCUT2D eigenvalue weighted by molar-refractivity contribution is 8.00. The van der Waals surface area contributed by atoms with Crippen LogP contribution in [-0.2, 0) is 0 Å². The van der Waals surface area contributed by atoms with Crippen LogP contribution in [0.4, 0.5) is 10.1 Å². The molecule has 1 N–H and O–H groups in total. The van der Waals surface area contributed by atoms with Crippen LogP contribution in [0.15, 0.2) is 47.4 Å². The summed E-state index contributed by atoms with van der Waals surface area (Å²) in [5, 5.41) is 10.3. The molecule has 0 aromatic heterocycles. The minimum Gasteiger partial charge on any atom is -0.508 e. The van der Waals surface area contributed by atoms with Crippen molar-refractivity contribution in [3.05, 3.63) is 54.3 Å². The SMILES string of the molecule is Oc1cc[c]c(N2C[C@H]3C[C@H](Sc4ccc(F)cc4)C[C@H]3C2)c1. The predicted molar refractivity (Wildman–Crippen MR) is 91.4 cm³/mol. The van der Waals surface area contributed by atoms with Gasteiger partial charge in [-0.05, 0) is 61.1 Å². The summed E-state index contributed by atoms with van der Waals surface area (Å²) in [6, 6.07) is 15.3. The standard InChI is InChI=1S/C19H19FNOS/c20-15-4-6-18(7-5-15)23-19-8-13-11-21(12-14(13)9-19)16-2-1-3-17(22)10-16/h1,3-7,10,13-14,19,22H,8-9,11-12H2/t13-,14+,19+. The Balaban J connectivity index is 1.37. The lowest BCUT2D eigenvalue weighted by Gasteiger charge is -2.21. The Kier molecular flexibility index (Phi) is 3.93. The summed E-state index contributed by atoms with van der Waals surface area (Å²) in [6.07, 6.45) is 2.42. The highest BCUT2D eigenvalue weighted by atomic mass is 32.2. The van der Waals surface area contributed by atoms with Gasteiger partial charge in [0.05, 0.1) is 0 Å². The van der Waals surface area contributed by atoms with Gasteiger partial charge in [-0.15, -0.1) is 11.8 Å². The van der Waals surface area contributed by atoms with E-state index >= 15 is 0 Å². The van der Waals surface area contributed by atoms with E-state index in [0.29, 0.717) is 22.8 Å². The van der Waals surface area contributed by atoms with Crippen LogP contribution in [0.3, 0.4) is 0 Å². The lowest BCUT2D eigenvalue weighted by Crippen LogP contribution is -2.21. The summed E-state index contributed by atoms with van der Waals surface area (Å²) in [5.41, 5.74) is 1.00. The zero-order valence-electron chi connectivity index (χ0n) is 12.8. The van der Waals surface area contributed by atoms with E-state index < -0.39 is 0 Å². The zero-order valence-corrected chi connectivity index (χ0v) is 13.6. The van der Waals surface area contributed by atoms with Gasteiger partial charge in [0.2, 0.25) is 0 Å². The fraction of sp³-hybridized carbons (Fsp3) is 0.368. The highest BCUT2D eigenvalue weighted by Crippen LogP contribution is 2.46. The van der Waals surface area contributed by atoms with Gasteiger partial charge >= 0.3 is 0 Å². The van der Waals surface area contributed by atoms with Crippen LogP contribution in [0.25, 0.3) is 0 Å². The van der Waals surface area contributed by atoms with E-state index in [1.165, 1.54) is 25.0 Å². The van der Waals surface area contributed by atoms with E-state index in [9.17, 15) is 9.50 Å². The van der Waals surface area contributed by atoms with Crippen LogP contribution in [0.2, 0.25) is 0 Å². The second kappa shape index (κ2) is 6.08. The number of nitrogens with zero attached hydrogens (tertiary/aromatic N) is 1. The lowest BCUT2D eigenvalue weighted by molar-refractivity contribution is 0.475. The number of rotatable bonds is 3. The summed E-state index contributed by atoms with van der Waals surface area (Å²) in [7, 11) is 0. The van der Waals surface area contributed by atoms with Gasteiger partial charge in [-0.3, -0.25) is 0 Å². The first-order valence-electron chi connectivity index (χ1n) is 8.05. The first-order valence-corrected chi connectivity index (χ1v) is 8.93. The summed E-state index contributed by atoms with van der Waals surface area (Å²) in [4.78, 5) is 3.50. The largest absolute Gasteiger partial charge is 0.508 e. The van der Waals surface area contributed by atoms with E-state index in [1.807, 2.05) is 23.9 Å². The van der Waals surface area contributed by atoms with Gasteiger partial charge in [-0.1, -0.05) is 0 Å². The van der Waals surface area contributed by atoms with Crippen LogP contribution in [0, 0.1) is 23.7 Å². The maximum Gasteiger partial charge on any atom is 0.123 e. The average Bonchev–Trinajstić information content (AvgIpc) is 3.08. The van der Waals surface area contributed by atoms with Gasteiger partial charge in [0.15, 0.2) is 0 Å². The van der Waals surface area contributed by atoms with Gasteiger partial charge in [0.1, 0.15) is 11.6 Å². The molecule has 23 heavy (non-hydrogen) atoms. The molecule has 1 heterocycles. The molecule has 0 bridgehead atoms. The van der Waals surface area contributed by atoms with Crippen LogP contribution in [0.5, 0.6) is 5.75 Å². The smallest absolute Gasteiger partial charge is 0.123 e. The molecule has 4 heteroatoms. The number of thioether (sulfide) groups is 1. The summed E-state index contributed by atoms with van der Waals surface area (Å²) in [6.45, 7) is 2.09. The van der Waals surface area contributed by atoms with Gasteiger partial charge in [0.25, 0.3) is 0 Å². The molecular formula is C19H19FNOS. The fourth-order valence-electron chi connectivity index (χ4n) is 3.87. The Morgan fingerprint density at radius 3 is 2.43 bits per heavy atom. The molecule has 0 unspecified atom stereocenters. The molecule has 2 nitrogen and oxygen atoms in total. The second-order valence-electron chi connectivity index (χ2n) is 6.52. The first-order chi connectivity index (χ1) is 11.2.